The molecule has 2 aliphatic heterocycles. The van der Waals surface area contributed by atoms with E-state index in [0.29, 0.717) is 25.2 Å². The van der Waals surface area contributed by atoms with Crippen LogP contribution in [-0.2, 0) is 29.7 Å². The molecule has 196 valence electrons. The van der Waals surface area contributed by atoms with Crippen molar-refractivity contribution in [1.29, 1.82) is 0 Å². The zero-order chi connectivity index (χ0) is 25.5. The molecule has 2 aliphatic rings. The average Bonchev–Trinajstić information content (AvgIpc) is 2.89. The first-order valence-corrected chi connectivity index (χ1v) is 14.8. The topological polar surface area (TPSA) is 73.0 Å². The summed E-state index contributed by atoms with van der Waals surface area (Å²) in [5.41, 5.74) is 4.19. The maximum atomic E-state index is 12.7. The smallest absolute Gasteiger partial charge is 0.251 e. The van der Waals surface area contributed by atoms with Gasteiger partial charge < -0.3 is 5.32 Å². The summed E-state index contributed by atoms with van der Waals surface area (Å²) in [6, 6.07) is 16.2. The molecule has 36 heavy (non-hydrogen) atoms. The minimum absolute atomic E-state index is 0.0737. The second-order valence-electron chi connectivity index (χ2n) is 10.2. The van der Waals surface area contributed by atoms with Crippen molar-refractivity contribution in [2.45, 2.75) is 46.3 Å². The van der Waals surface area contributed by atoms with Crippen LogP contribution < -0.4 is 5.32 Å². The number of piperidine rings is 1. The Morgan fingerprint density at radius 2 is 1.47 bits per heavy atom. The summed E-state index contributed by atoms with van der Waals surface area (Å²) in [5.74, 6) is 0.912. The molecule has 0 spiro atoms. The molecule has 0 saturated carbocycles. The van der Waals surface area contributed by atoms with Crippen molar-refractivity contribution in [2.75, 3.05) is 45.0 Å². The predicted octanol–water partition coefficient (Wildman–Crippen LogP) is 3.32. The molecule has 0 radical (unpaired) electrons. The van der Waals surface area contributed by atoms with Crippen LogP contribution >= 0.6 is 0 Å². The molecule has 2 heterocycles. The zero-order valence-corrected chi connectivity index (χ0v) is 22.5. The second-order valence-corrected chi connectivity index (χ2v) is 12.5. The summed E-state index contributed by atoms with van der Waals surface area (Å²) in [4.78, 5) is 17.5. The van der Waals surface area contributed by atoms with Crippen LogP contribution in [-0.4, -0.2) is 73.5 Å². The summed E-state index contributed by atoms with van der Waals surface area (Å²) in [5, 5.41) is 3.05. The number of hydrogen-bond acceptors (Lipinski definition) is 5. The van der Waals surface area contributed by atoms with Gasteiger partial charge in [-0.2, -0.15) is 4.31 Å². The lowest BCUT2D eigenvalue weighted by molar-refractivity contribution is 0.0951. The van der Waals surface area contributed by atoms with Gasteiger partial charge >= 0.3 is 0 Å². The van der Waals surface area contributed by atoms with Gasteiger partial charge in [0.1, 0.15) is 0 Å². The maximum absolute atomic E-state index is 12.7. The Labute approximate surface area is 216 Å². The number of likely N-dealkylation sites (tertiary alicyclic amines) is 1. The first-order valence-electron chi connectivity index (χ1n) is 13.2. The van der Waals surface area contributed by atoms with Gasteiger partial charge in [0.2, 0.25) is 10.0 Å². The Balaban J connectivity index is 1.23. The SMILES string of the molecule is CCS(=O)(=O)N1CCN(Cc2ccc(C(=O)NCc3cccc(CN4CCC(C)CC4)c3)cc2)CC1. The van der Waals surface area contributed by atoms with Gasteiger partial charge in [-0.05, 0) is 67.6 Å². The number of nitrogens with one attached hydrogen (secondary N) is 1. The lowest BCUT2D eigenvalue weighted by Crippen LogP contribution is -2.48. The van der Waals surface area contributed by atoms with E-state index in [1.54, 1.807) is 11.2 Å². The molecular weight excluding hydrogens is 472 g/mol. The largest absolute Gasteiger partial charge is 0.348 e. The van der Waals surface area contributed by atoms with Crippen LogP contribution in [0.3, 0.4) is 0 Å². The second kappa shape index (κ2) is 12.3. The number of carbonyl (C=O) groups excluding carboxylic acids is 1. The third-order valence-electron chi connectivity index (χ3n) is 7.44. The number of sulfonamides is 1. The average molecular weight is 513 g/mol. The standard InChI is InChI=1S/C28H40N4O3S/c1-3-36(34,35)32-17-15-31(16-18-32)21-24-7-9-27(10-8-24)28(33)29-20-25-5-4-6-26(19-25)22-30-13-11-23(2)12-14-30/h4-10,19,23H,3,11-18,20-22H2,1-2H3,(H,29,33). The van der Waals surface area contributed by atoms with E-state index >= 15 is 0 Å². The Morgan fingerprint density at radius 1 is 0.861 bits per heavy atom. The van der Waals surface area contributed by atoms with Crippen LogP contribution in [0.4, 0.5) is 0 Å². The number of rotatable bonds is 9. The fourth-order valence-electron chi connectivity index (χ4n) is 4.97. The molecule has 2 saturated heterocycles. The zero-order valence-electron chi connectivity index (χ0n) is 21.7. The van der Waals surface area contributed by atoms with Gasteiger partial charge in [-0.15, -0.1) is 0 Å². The molecule has 1 amide bonds. The van der Waals surface area contributed by atoms with Gasteiger partial charge in [-0.25, -0.2) is 8.42 Å². The van der Waals surface area contributed by atoms with Crippen molar-refractivity contribution >= 4 is 15.9 Å². The van der Waals surface area contributed by atoms with Crippen molar-refractivity contribution in [3.8, 4) is 0 Å². The van der Waals surface area contributed by atoms with Crippen molar-refractivity contribution in [2.24, 2.45) is 5.92 Å². The summed E-state index contributed by atoms with van der Waals surface area (Å²) < 4.78 is 25.7. The highest BCUT2D eigenvalue weighted by atomic mass is 32.2. The van der Waals surface area contributed by atoms with Gasteiger partial charge in [0.25, 0.3) is 5.91 Å². The molecule has 0 aliphatic carbocycles. The molecule has 4 rings (SSSR count). The molecule has 1 N–H and O–H groups in total. The minimum Gasteiger partial charge on any atom is -0.348 e. The number of amides is 1. The normalized spacial score (nSPS) is 18.8. The summed E-state index contributed by atoms with van der Waals surface area (Å²) in [6.07, 6.45) is 2.54. The summed E-state index contributed by atoms with van der Waals surface area (Å²) in [6.45, 7) is 11.1. The number of benzene rings is 2. The molecule has 2 aromatic rings. The van der Waals surface area contributed by atoms with Crippen LogP contribution in [0.25, 0.3) is 0 Å². The highest BCUT2D eigenvalue weighted by Gasteiger charge is 2.25. The van der Waals surface area contributed by atoms with Gasteiger partial charge in [0.05, 0.1) is 5.75 Å². The third kappa shape index (κ3) is 7.38. The first-order chi connectivity index (χ1) is 17.3. The van der Waals surface area contributed by atoms with E-state index in [9.17, 15) is 13.2 Å². The fourth-order valence-corrected chi connectivity index (χ4v) is 6.05. The van der Waals surface area contributed by atoms with E-state index in [1.165, 1.54) is 18.4 Å². The van der Waals surface area contributed by atoms with Crippen LogP contribution in [0.15, 0.2) is 48.5 Å². The highest BCUT2D eigenvalue weighted by Crippen LogP contribution is 2.19. The lowest BCUT2D eigenvalue weighted by Gasteiger charge is -2.33. The van der Waals surface area contributed by atoms with Gasteiger partial charge in [0.15, 0.2) is 0 Å². The van der Waals surface area contributed by atoms with E-state index in [2.05, 4.69) is 46.3 Å². The van der Waals surface area contributed by atoms with Crippen molar-refractivity contribution in [3.05, 3.63) is 70.8 Å². The van der Waals surface area contributed by atoms with E-state index in [1.807, 2.05) is 24.3 Å². The van der Waals surface area contributed by atoms with E-state index < -0.39 is 10.0 Å². The molecule has 0 bridgehead atoms. The predicted molar refractivity (Wildman–Crippen MR) is 144 cm³/mol. The number of piperazine rings is 1. The quantitative estimate of drug-likeness (QED) is 0.558. The van der Waals surface area contributed by atoms with Crippen molar-refractivity contribution in [1.82, 2.24) is 19.4 Å². The van der Waals surface area contributed by atoms with Gasteiger partial charge in [-0.1, -0.05) is 43.3 Å². The van der Waals surface area contributed by atoms with Crippen molar-refractivity contribution < 1.29 is 13.2 Å². The van der Waals surface area contributed by atoms with Gasteiger partial charge in [0, 0.05) is 51.4 Å². The van der Waals surface area contributed by atoms with Crippen LogP contribution in [0.5, 0.6) is 0 Å². The molecule has 2 fully saturated rings. The van der Waals surface area contributed by atoms with Gasteiger partial charge in [-0.3, -0.25) is 14.6 Å². The molecule has 7 nitrogen and oxygen atoms in total. The first kappa shape index (κ1) is 26.8. The molecule has 2 aromatic carbocycles. The number of hydrogen-bond donors (Lipinski definition) is 1. The minimum atomic E-state index is -3.11. The summed E-state index contributed by atoms with van der Waals surface area (Å²) in [7, 11) is -3.11. The number of carbonyl (C=O) groups is 1. The fraction of sp³-hybridized carbons (Fsp3) is 0.536. The monoisotopic (exact) mass is 512 g/mol. The molecule has 8 heteroatoms. The van der Waals surface area contributed by atoms with E-state index in [4.69, 9.17) is 0 Å². The Kier molecular flexibility index (Phi) is 9.17. The van der Waals surface area contributed by atoms with Crippen molar-refractivity contribution in [3.63, 3.8) is 0 Å². The number of nitrogens with zero attached hydrogens (tertiary/aromatic N) is 3. The van der Waals surface area contributed by atoms with Crippen LogP contribution in [0.1, 0.15) is 53.7 Å². The molecule has 0 unspecified atom stereocenters. The maximum Gasteiger partial charge on any atom is 0.251 e. The molecule has 0 aromatic heterocycles. The lowest BCUT2D eigenvalue weighted by atomic mass is 9.98. The van der Waals surface area contributed by atoms with Crippen LogP contribution in [0.2, 0.25) is 0 Å². The summed E-state index contributed by atoms with van der Waals surface area (Å²) >= 11 is 0. The third-order valence-corrected chi connectivity index (χ3v) is 9.32. The Bertz CT molecular complexity index is 1100. The van der Waals surface area contributed by atoms with E-state index in [-0.39, 0.29) is 11.7 Å². The van der Waals surface area contributed by atoms with Crippen LogP contribution in [0, 0.1) is 5.92 Å². The molecular formula is C28H40N4O3S. The highest BCUT2D eigenvalue weighted by molar-refractivity contribution is 7.89. The van der Waals surface area contributed by atoms with E-state index in [0.717, 1.165) is 56.3 Å². The Morgan fingerprint density at radius 3 is 2.14 bits per heavy atom. The molecule has 0 atom stereocenters. The Hall–Kier alpha value is -2.26.